The Morgan fingerprint density at radius 3 is 2.60 bits per heavy atom. The molecule has 1 saturated heterocycles. The third-order valence-corrected chi connectivity index (χ3v) is 1.63. The number of hydrogen-bond acceptors (Lipinski definition) is 3. The van der Waals surface area contributed by atoms with Crippen LogP contribution in [0.5, 0.6) is 0 Å². The second-order valence-electron chi connectivity index (χ2n) is 2.56. The Hall–Kier alpha value is -0.610. The second kappa shape index (κ2) is 2.98. The first kappa shape index (κ1) is 7.50. The van der Waals surface area contributed by atoms with Crippen LogP contribution in [-0.4, -0.2) is 24.7 Å². The number of ether oxygens (including phenoxy) is 1. The minimum absolute atomic E-state index is 0.0793. The highest BCUT2D eigenvalue weighted by atomic mass is 16.5. The molecule has 1 rings (SSSR count). The summed E-state index contributed by atoms with van der Waals surface area (Å²) in [6, 6.07) is 0.0793. The van der Waals surface area contributed by atoms with Crippen molar-refractivity contribution in [2.75, 3.05) is 6.61 Å². The van der Waals surface area contributed by atoms with Crippen LogP contribution in [0.25, 0.3) is 0 Å². The smallest absolute Gasteiger partial charge is 0.246 e. The molecule has 1 fully saturated rings. The van der Waals surface area contributed by atoms with Gasteiger partial charge in [-0.05, 0) is 12.8 Å². The minimum atomic E-state index is -0.403. The lowest BCUT2D eigenvalue weighted by Gasteiger charge is -2.24. The first-order valence-corrected chi connectivity index (χ1v) is 3.36. The molecule has 0 unspecified atom stereocenters. The number of carbonyl (C=O) groups excluding carboxylic acids is 1. The molecule has 1 aliphatic rings. The van der Waals surface area contributed by atoms with Gasteiger partial charge in [0.15, 0.2) is 0 Å². The normalized spacial score (nSPS) is 33.7. The molecule has 0 aromatic rings. The molecule has 0 saturated carbocycles. The Morgan fingerprint density at radius 1 is 1.50 bits per heavy atom. The molecular weight excluding hydrogens is 132 g/mol. The first-order valence-electron chi connectivity index (χ1n) is 3.36. The van der Waals surface area contributed by atoms with E-state index in [1.807, 2.05) is 0 Å². The fourth-order valence-corrected chi connectivity index (χ4v) is 0.996. The van der Waals surface area contributed by atoms with Gasteiger partial charge in [0.1, 0.15) is 6.10 Å². The lowest BCUT2D eigenvalue weighted by Crippen LogP contribution is -2.41. The summed E-state index contributed by atoms with van der Waals surface area (Å²) in [5, 5.41) is 0. The Morgan fingerprint density at radius 2 is 2.20 bits per heavy atom. The van der Waals surface area contributed by atoms with Gasteiger partial charge in [0.2, 0.25) is 5.91 Å². The van der Waals surface area contributed by atoms with Crippen molar-refractivity contribution in [1.29, 1.82) is 0 Å². The fourth-order valence-electron chi connectivity index (χ4n) is 0.996. The van der Waals surface area contributed by atoms with Gasteiger partial charge in [-0.15, -0.1) is 0 Å². The van der Waals surface area contributed by atoms with Gasteiger partial charge in [-0.1, -0.05) is 0 Å². The van der Waals surface area contributed by atoms with E-state index in [1.165, 1.54) is 0 Å². The highest BCUT2D eigenvalue weighted by molar-refractivity contribution is 5.78. The van der Waals surface area contributed by atoms with Crippen molar-refractivity contribution in [1.82, 2.24) is 0 Å². The summed E-state index contributed by atoms with van der Waals surface area (Å²) < 4.78 is 5.05. The zero-order valence-electron chi connectivity index (χ0n) is 5.75. The van der Waals surface area contributed by atoms with E-state index in [-0.39, 0.29) is 11.9 Å². The molecule has 4 nitrogen and oxygen atoms in total. The summed E-state index contributed by atoms with van der Waals surface area (Å²) in [6.45, 7) is 0.452. The van der Waals surface area contributed by atoms with Gasteiger partial charge >= 0.3 is 0 Å². The Bertz CT molecular complexity index is 130. The summed E-state index contributed by atoms with van der Waals surface area (Å²) in [7, 11) is 0. The molecule has 0 aliphatic carbocycles. The minimum Gasteiger partial charge on any atom is -0.367 e. The van der Waals surface area contributed by atoms with Gasteiger partial charge < -0.3 is 16.2 Å². The van der Waals surface area contributed by atoms with Gasteiger partial charge in [-0.3, -0.25) is 4.79 Å². The highest BCUT2D eigenvalue weighted by Gasteiger charge is 2.22. The predicted molar refractivity (Wildman–Crippen MR) is 36.1 cm³/mol. The van der Waals surface area contributed by atoms with Gasteiger partial charge in [0.05, 0.1) is 6.61 Å². The molecule has 4 N–H and O–H groups in total. The van der Waals surface area contributed by atoms with E-state index >= 15 is 0 Å². The van der Waals surface area contributed by atoms with Crippen molar-refractivity contribution in [3.63, 3.8) is 0 Å². The van der Waals surface area contributed by atoms with Crippen LogP contribution in [0.4, 0.5) is 0 Å². The zero-order chi connectivity index (χ0) is 7.56. The van der Waals surface area contributed by atoms with Crippen molar-refractivity contribution in [3.05, 3.63) is 0 Å². The largest absolute Gasteiger partial charge is 0.367 e. The fraction of sp³-hybridized carbons (Fsp3) is 0.833. The monoisotopic (exact) mass is 144 g/mol. The van der Waals surface area contributed by atoms with Crippen molar-refractivity contribution >= 4 is 5.91 Å². The molecule has 4 heteroatoms. The number of primary amides is 1. The molecule has 0 spiro atoms. The van der Waals surface area contributed by atoms with E-state index in [0.717, 1.165) is 6.42 Å². The van der Waals surface area contributed by atoms with Gasteiger partial charge in [-0.2, -0.15) is 0 Å². The molecule has 0 aromatic heterocycles. The van der Waals surface area contributed by atoms with E-state index in [2.05, 4.69) is 0 Å². The summed E-state index contributed by atoms with van der Waals surface area (Å²) in [4.78, 5) is 10.5. The molecule has 0 aromatic carbocycles. The maximum atomic E-state index is 10.5. The van der Waals surface area contributed by atoms with Gasteiger partial charge in [0, 0.05) is 6.04 Å². The van der Waals surface area contributed by atoms with Crippen molar-refractivity contribution in [2.24, 2.45) is 11.5 Å². The van der Waals surface area contributed by atoms with Crippen molar-refractivity contribution < 1.29 is 9.53 Å². The van der Waals surface area contributed by atoms with Crippen LogP contribution in [0.3, 0.4) is 0 Å². The average molecular weight is 144 g/mol. The molecule has 1 aliphatic heterocycles. The highest BCUT2D eigenvalue weighted by Crippen LogP contribution is 2.10. The zero-order valence-corrected chi connectivity index (χ0v) is 5.75. The van der Waals surface area contributed by atoms with Crippen molar-refractivity contribution in [3.8, 4) is 0 Å². The van der Waals surface area contributed by atoms with E-state index in [4.69, 9.17) is 16.2 Å². The molecule has 0 radical (unpaired) electrons. The van der Waals surface area contributed by atoms with Gasteiger partial charge in [-0.25, -0.2) is 0 Å². The number of rotatable bonds is 1. The third-order valence-electron chi connectivity index (χ3n) is 1.63. The molecule has 1 amide bonds. The summed E-state index contributed by atoms with van der Waals surface area (Å²) in [5.41, 5.74) is 10.5. The van der Waals surface area contributed by atoms with E-state index in [1.54, 1.807) is 0 Å². The number of hydrogen-bond donors (Lipinski definition) is 2. The number of amides is 1. The number of nitrogens with two attached hydrogens (primary N) is 2. The lowest BCUT2D eigenvalue weighted by atomic mass is 10.1. The third kappa shape index (κ3) is 1.68. The maximum Gasteiger partial charge on any atom is 0.246 e. The van der Waals surface area contributed by atoms with Crippen LogP contribution in [0, 0.1) is 0 Å². The molecular formula is C6H12N2O2. The summed E-state index contributed by atoms with van der Waals surface area (Å²) in [5.74, 6) is -0.382. The van der Waals surface area contributed by atoms with Crippen LogP contribution in [-0.2, 0) is 9.53 Å². The average Bonchev–Trinajstić information content (AvgIpc) is 1.88. The molecule has 2 atom stereocenters. The Labute approximate surface area is 59.5 Å². The molecule has 0 bridgehead atoms. The summed E-state index contributed by atoms with van der Waals surface area (Å²) >= 11 is 0. The topological polar surface area (TPSA) is 78.3 Å². The van der Waals surface area contributed by atoms with Crippen molar-refractivity contribution in [2.45, 2.75) is 25.0 Å². The second-order valence-corrected chi connectivity index (χ2v) is 2.56. The van der Waals surface area contributed by atoms with E-state index in [0.29, 0.717) is 13.0 Å². The lowest BCUT2D eigenvalue weighted by molar-refractivity contribution is -0.132. The summed E-state index contributed by atoms with van der Waals surface area (Å²) in [6.07, 6.45) is 1.09. The van der Waals surface area contributed by atoms with Crippen LogP contribution < -0.4 is 11.5 Å². The van der Waals surface area contributed by atoms with E-state index in [9.17, 15) is 4.79 Å². The maximum absolute atomic E-state index is 10.5. The van der Waals surface area contributed by atoms with Crippen LogP contribution in [0.15, 0.2) is 0 Å². The SMILES string of the molecule is NC(=O)[C@H]1CC[C@@H](N)CO1. The van der Waals surface area contributed by atoms with Gasteiger partial charge in [0.25, 0.3) is 0 Å². The molecule has 1 heterocycles. The first-order chi connectivity index (χ1) is 4.70. The predicted octanol–water partition coefficient (Wildman–Crippen LogP) is -1.02. The Balaban J connectivity index is 2.33. The molecule has 58 valence electrons. The molecule has 10 heavy (non-hydrogen) atoms. The number of carbonyl (C=O) groups is 1. The van der Waals surface area contributed by atoms with Crippen LogP contribution >= 0.6 is 0 Å². The van der Waals surface area contributed by atoms with Crippen LogP contribution in [0.2, 0.25) is 0 Å². The standard InChI is InChI=1S/C6H12N2O2/c7-4-1-2-5(6(8)9)10-3-4/h4-5H,1-3,7H2,(H2,8,9)/t4-,5-/m1/s1. The van der Waals surface area contributed by atoms with Crippen LogP contribution in [0.1, 0.15) is 12.8 Å². The Kier molecular flexibility index (Phi) is 2.24. The van der Waals surface area contributed by atoms with E-state index < -0.39 is 6.10 Å². The quantitative estimate of drug-likeness (QED) is 0.494.